The molecule has 1 aliphatic carbocycles. The first-order valence-electron chi connectivity index (χ1n) is 12.5. The fourth-order valence-corrected chi connectivity index (χ4v) is 6.50. The molecule has 1 aliphatic rings. The number of anilines is 1. The summed E-state index contributed by atoms with van der Waals surface area (Å²) in [5, 5.41) is 12.8. The average Bonchev–Trinajstić information content (AvgIpc) is 3.56. The van der Waals surface area contributed by atoms with E-state index in [1.807, 2.05) is 30.5 Å². The number of benzene rings is 1. The molecule has 0 saturated heterocycles. The van der Waals surface area contributed by atoms with E-state index in [9.17, 15) is 9.59 Å². The van der Waals surface area contributed by atoms with Crippen molar-refractivity contribution in [2.24, 2.45) is 0 Å². The van der Waals surface area contributed by atoms with Gasteiger partial charge in [-0.3, -0.25) is 4.79 Å². The number of amides is 1. The molecule has 37 heavy (non-hydrogen) atoms. The third-order valence-corrected chi connectivity index (χ3v) is 8.53. The Hall–Kier alpha value is -2.85. The standard InChI is InChI=1S/C27H34N4O4S2/c1-7-31-23(16(2)35-18-13-11-17(12-14-18)27(3,4)5)29-30-26(31)36-15-21(32)28-24-22(25(33)34-6)19-9-8-10-20(19)37-24/h11-14,16H,7-10,15H2,1-6H3,(H,28,32). The molecule has 0 aliphatic heterocycles. The van der Waals surface area contributed by atoms with E-state index < -0.39 is 5.97 Å². The Bertz CT molecular complexity index is 1270. The number of nitrogens with one attached hydrogen (secondary N) is 1. The maximum absolute atomic E-state index is 12.8. The molecule has 2 heterocycles. The van der Waals surface area contributed by atoms with Crippen molar-refractivity contribution in [2.45, 2.75) is 77.1 Å². The summed E-state index contributed by atoms with van der Waals surface area (Å²) in [5.41, 5.74) is 2.83. The second kappa shape index (κ2) is 11.3. The van der Waals surface area contributed by atoms with E-state index >= 15 is 0 Å². The number of fused-ring (bicyclic) bond motifs is 1. The number of ether oxygens (including phenoxy) is 2. The second-order valence-electron chi connectivity index (χ2n) is 10.0. The summed E-state index contributed by atoms with van der Waals surface area (Å²) in [5.74, 6) is 1.01. The predicted octanol–water partition coefficient (Wildman–Crippen LogP) is 5.80. The minimum absolute atomic E-state index is 0.0788. The number of aromatic nitrogens is 3. The Balaban J connectivity index is 1.40. The molecule has 0 radical (unpaired) electrons. The molecule has 1 N–H and O–H groups in total. The first-order chi connectivity index (χ1) is 17.6. The van der Waals surface area contributed by atoms with Crippen LogP contribution in [-0.4, -0.2) is 39.5 Å². The Kier molecular flexibility index (Phi) is 8.28. The smallest absolute Gasteiger partial charge is 0.341 e. The molecule has 0 bridgehead atoms. The van der Waals surface area contributed by atoms with E-state index in [0.29, 0.717) is 28.1 Å². The number of thioether (sulfide) groups is 1. The van der Waals surface area contributed by atoms with Gasteiger partial charge in [-0.2, -0.15) is 0 Å². The molecule has 3 aromatic rings. The van der Waals surface area contributed by atoms with Gasteiger partial charge in [-0.25, -0.2) is 4.79 Å². The van der Waals surface area contributed by atoms with Crippen molar-refractivity contribution in [3.63, 3.8) is 0 Å². The molecular formula is C27H34N4O4S2. The third-order valence-electron chi connectivity index (χ3n) is 6.35. The molecular weight excluding hydrogens is 508 g/mol. The van der Waals surface area contributed by atoms with Gasteiger partial charge in [-0.1, -0.05) is 44.7 Å². The van der Waals surface area contributed by atoms with Crippen LogP contribution in [0.1, 0.15) is 79.3 Å². The topological polar surface area (TPSA) is 95.3 Å². The van der Waals surface area contributed by atoms with Gasteiger partial charge in [0, 0.05) is 11.4 Å². The number of nitrogens with zero attached hydrogens (tertiary/aromatic N) is 3. The second-order valence-corrected chi connectivity index (χ2v) is 12.1. The van der Waals surface area contributed by atoms with Crippen LogP contribution in [0, 0.1) is 0 Å². The molecule has 2 aromatic heterocycles. The number of methoxy groups -OCH3 is 1. The van der Waals surface area contributed by atoms with Crippen molar-refractivity contribution in [1.82, 2.24) is 14.8 Å². The van der Waals surface area contributed by atoms with Gasteiger partial charge < -0.3 is 19.4 Å². The third kappa shape index (κ3) is 6.01. The van der Waals surface area contributed by atoms with E-state index in [2.05, 4.69) is 48.4 Å². The van der Waals surface area contributed by atoms with Gasteiger partial charge in [0.05, 0.1) is 18.4 Å². The van der Waals surface area contributed by atoms with Crippen LogP contribution in [0.3, 0.4) is 0 Å². The zero-order chi connectivity index (χ0) is 26.7. The normalized spacial score (nSPS) is 13.8. The van der Waals surface area contributed by atoms with E-state index in [0.717, 1.165) is 35.5 Å². The minimum Gasteiger partial charge on any atom is -0.483 e. The number of hydrogen-bond donors (Lipinski definition) is 1. The first kappa shape index (κ1) is 27.2. The molecule has 1 unspecified atom stereocenters. The van der Waals surface area contributed by atoms with Gasteiger partial charge in [0.15, 0.2) is 17.1 Å². The lowest BCUT2D eigenvalue weighted by atomic mass is 9.87. The summed E-state index contributed by atoms with van der Waals surface area (Å²) >= 11 is 2.78. The summed E-state index contributed by atoms with van der Waals surface area (Å²) in [4.78, 5) is 26.3. The summed E-state index contributed by atoms with van der Waals surface area (Å²) < 4.78 is 13.1. The Morgan fingerprint density at radius 2 is 1.92 bits per heavy atom. The fraction of sp³-hybridized carbons (Fsp3) is 0.481. The molecule has 0 fully saturated rings. The minimum atomic E-state index is -0.403. The monoisotopic (exact) mass is 542 g/mol. The zero-order valence-corrected chi connectivity index (χ0v) is 23.8. The van der Waals surface area contributed by atoms with E-state index in [4.69, 9.17) is 9.47 Å². The van der Waals surface area contributed by atoms with Gasteiger partial charge in [0.2, 0.25) is 5.91 Å². The maximum atomic E-state index is 12.8. The van der Waals surface area contributed by atoms with Gasteiger partial charge >= 0.3 is 5.97 Å². The van der Waals surface area contributed by atoms with Crippen LogP contribution in [0.5, 0.6) is 5.75 Å². The lowest BCUT2D eigenvalue weighted by molar-refractivity contribution is -0.113. The summed E-state index contributed by atoms with van der Waals surface area (Å²) in [6.45, 7) is 11.1. The number of thiophene rings is 1. The van der Waals surface area contributed by atoms with E-state index in [1.165, 1.54) is 35.8 Å². The highest BCUT2D eigenvalue weighted by atomic mass is 32.2. The SMILES string of the molecule is CCn1c(SCC(=O)Nc2sc3c(c2C(=O)OC)CCC3)nnc1C(C)Oc1ccc(C(C)(C)C)cc1. The molecule has 198 valence electrons. The maximum Gasteiger partial charge on any atom is 0.341 e. The number of aryl methyl sites for hydroxylation is 1. The van der Waals surface area contributed by atoms with Crippen molar-refractivity contribution in [3.05, 3.63) is 51.7 Å². The van der Waals surface area contributed by atoms with Gasteiger partial charge in [0.1, 0.15) is 10.8 Å². The predicted molar refractivity (Wildman–Crippen MR) is 147 cm³/mol. The summed E-state index contributed by atoms with van der Waals surface area (Å²) in [6.07, 6.45) is 2.48. The Morgan fingerprint density at radius 3 is 2.57 bits per heavy atom. The first-order valence-corrected chi connectivity index (χ1v) is 14.3. The molecule has 0 spiro atoms. The number of hydrogen-bond acceptors (Lipinski definition) is 8. The van der Waals surface area contributed by atoms with Crippen LogP contribution in [0.4, 0.5) is 5.00 Å². The van der Waals surface area contributed by atoms with Crippen molar-refractivity contribution < 1.29 is 19.1 Å². The Labute approximate surface area is 226 Å². The van der Waals surface area contributed by atoms with Gasteiger partial charge in [-0.05, 0) is 61.8 Å². The quantitative estimate of drug-likeness (QED) is 0.270. The number of carbonyl (C=O) groups excluding carboxylic acids is 2. The van der Waals surface area contributed by atoms with Crippen LogP contribution in [0.15, 0.2) is 29.4 Å². The molecule has 0 saturated carbocycles. The van der Waals surface area contributed by atoms with Crippen molar-refractivity contribution >= 4 is 40.0 Å². The molecule has 10 heteroatoms. The fourth-order valence-electron chi connectivity index (χ4n) is 4.40. The molecule has 1 atom stereocenters. The number of esters is 1. The summed E-state index contributed by atoms with van der Waals surface area (Å²) in [7, 11) is 1.36. The largest absolute Gasteiger partial charge is 0.483 e. The van der Waals surface area contributed by atoms with Crippen molar-refractivity contribution in [3.8, 4) is 5.75 Å². The molecule has 4 rings (SSSR count). The molecule has 8 nitrogen and oxygen atoms in total. The van der Waals surface area contributed by atoms with Crippen LogP contribution in [0.25, 0.3) is 0 Å². The van der Waals surface area contributed by atoms with Crippen LogP contribution in [-0.2, 0) is 34.3 Å². The van der Waals surface area contributed by atoms with Crippen LogP contribution < -0.4 is 10.1 Å². The van der Waals surface area contributed by atoms with E-state index in [-0.39, 0.29) is 23.2 Å². The summed E-state index contributed by atoms with van der Waals surface area (Å²) in [6, 6.07) is 8.13. The molecule has 1 amide bonds. The number of carbonyl (C=O) groups is 2. The lowest BCUT2D eigenvalue weighted by Gasteiger charge is -2.20. The van der Waals surface area contributed by atoms with Crippen LogP contribution in [0.2, 0.25) is 0 Å². The average molecular weight is 543 g/mol. The highest BCUT2D eigenvalue weighted by Crippen LogP contribution is 2.39. The Morgan fingerprint density at radius 1 is 1.19 bits per heavy atom. The van der Waals surface area contributed by atoms with E-state index in [1.54, 1.807) is 0 Å². The van der Waals surface area contributed by atoms with Crippen molar-refractivity contribution in [1.29, 1.82) is 0 Å². The van der Waals surface area contributed by atoms with Gasteiger partial charge in [0.25, 0.3) is 0 Å². The zero-order valence-electron chi connectivity index (χ0n) is 22.2. The number of rotatable bonds is 9. The highest BCUT2D eigenvalue weighted by molar-refractivity contribution is 7.99. The van der Waals surface area contributed by atoms with Crippen LogP contribution >= 0.6 is 23.1 Å². The van der Waals surface area contributed by atoms with Gasteiger partial charge in [-0.15, -0.1) is 21.5 Å². The highest BCUT2D eigenvalue weighted by Gasteiger charge is 2.28. The lowest BCUT2D eigenvalue weighted by Crippen LogP contribution is -2.17. The molecule has 1 aromatic carbocycles. The van der Waals surface area contributed by atoms with Crippen molar-refractivity contribution in [2.75, 3.05) is 18.2 Å².